The first-order valence-electron chi connectivity index (χ1n) is 16.0. The maximum absolute atomic E-state index is 12.4. The summed E-state index contributed by atoms with van der Waals surface area (Å²) in [5, 5.41) is 13.0. The fraction of sp³-hybridized carbons (Fsp3) is 0.862. The van der Waals surface area contributed by atoms with Crippen LogP contribution in [0.25, 0.3) is 0 Å². The van der Waals surface area contributed by atoms with E-state index in [4.69, 9.17) is 14.8 Å². The third kappa shape index (κ3) is 11.2. The third-order valence-electron chi connectivity index (χ3n) is 8.58. The number of H-pyrrole nitrogens is 1. The smallest absolute Gasteiger partial charge is 0.396 e. The summed E-state index contributed by atoms with van der Waals surface area (Å²) in [4.78, 5) is 30.8. The van der Waals surface area contributed by atoms with Gasteiger partial charge in [0.1, 0.15) is 5.69 Å². The molecule has 6 N–H and O–H groups in total. The summed E-state index contributed by atoms with van der Waals surface area (Å²) in [6, 6.07) is -0.0832. The molecule has 2 aliphatic rings. The number of fused-ring (bicyclic) bond motifs is 1. The molecule has 1 aliphatic carbocycles. The van der Waals surface area contributed by atoms with Crippen LogP contribution in [0, 0.1) is 11.8 Å². The Morgan fingerprint density at radius 2 is 1.51 bits per heavy atom. The fourth-order valence-electron chi connectivity index (χ4n) is 6.02. The van der Waals surface area contributed by atoms with Crippen LogP contribution in [-0.4, -0.2) is 52.5 Å². The van der Waals surface area contributed by atoms with E-state index < -0.39 is 7.82 Å². The van der Waals surface area contributed by atoms with E-state index in [1.165, 1.54) is 83.5 Å². The molecule has 0 radical (unpaired) electrons. The number of hydrogen-bond acceptors (Lipinski definition) is 9. The van der Waals surface area contributed by atoms with Crippen LogP contribution in [0.1, 0.15) is 116 Å². The molecule has 11 nitrogen and oxygen atoms in total. The Labute approximate surface area is 245 Å². The van der Waals surface area contributed by atoms with Gasteiger partial charge in [-0.2, -0.15) is 4.98 Å². The van der Waals surface area contributed by atoms with Crippen molar-refractivity contribution in [2.24, 2.45) is 11.8 Å². The molecule has 2 heterocycles. The number of aromatic amines is 1. The average Bonchev–Trinajstić information content (AvgIpc) is 3.33. The van der Waals surface area contributed by atoms with Crippen LogP contribution in [0.4, 0.5) is 17.5 Å². The van der Waals surface area contributed by atoms with Crippen molar-refractivity contribution in [3.63, 3.8) is 0 Å². The van der Waals surface area contributed by atoms with Crippen molar-refractivity contribution in [1.82, 2.24) is 9.97 Å². The Morgan fingerprint density at radius 1 is 0.951 bits per heavy atom. The van der Waals surface area contributed by atoms with Crippen LogP contribution >= 0.6 is 7.82 Å². The van der Waals surface area contributed by atoms with Gasteiger partial charge < -0.3 is 26.0 Å². The number of aliphatic hydroxyl groups is 1. The van der Waals surface area contributed by atoms with E-state index >= 15 is 0 Å². The molecule has 0 spiro atoms. The van der Waals surface area contributed by atoms with Gasteiger partial charge in [0.05, 0.1) is 19.9 Å². The number of aliphatic hydroxyl groups excluding tert-OH is 1. The highest BCUT2D eigenvalue weighted by molar-refractivity contribution is 7.47. The SMILES string of the molecule is CCCCCCCCCCCCCCCCCCOP(=O)(O)OCC1CC(N2CNc3c2nc(N)[nH]c3=O)C1CO. The molecular formula is C29H54N5O6P. The van der Waals surface area contributed by atoms with E-state index in [1.54, 1.807) is 0 Å². The molecule has 1 aliphatic heterocycles. The summed E-state index contributed by atoms with van der Waals surface area (Å²) < 4.78 is 22.8. The number of nitrogens with two attached hydrogens (primary N) is 1. The first kappa shape index (κ1) is 33.8. The highest BCUT2D eigenvalue weighted by atomic mass is 31.2. The minimum Gasteiger partial charge on any atom is -0.396 e. The first-order valence-corrected chi connectivity index (χ1v) is 17.5. The molecule has 1 fully saturated rings. The van der Waals surface area contributed by atoms with Crippen LogP contribution in [0.5, 0.6) is 0 Å². The first-order chi connectivity index (χ1) is 19.9. The lowest BCUT2D eigenvalue weighted by Gasteiger charge is -2.48. The zero-order chi connectivity index (χ0) is 29.5. The number of aromatic nitrogens is 2. The Kier molecular flexibility index (Phi) is 15.0. The lowest BCUT2D eigenvalue weighted by molar-refractivity contribution is 0.0170. The second-order valence-electron chi connectivity index (χ2n) is 11.8. The van der Waals surface area contributed by atoms with Crippen molar-refractivity contribution >= 4 is 25.3 Å². The molecule has 0 aromatic carbocycles. The number of phosphoric acid groups is 1. The monoisotopic (exact) mass is 599 g/mol. The molecule has 41 heavy (non-hydrogen) atoms. The maximum atomic E-state index is 12.4. The van der Waals surface area contributed by atoms with Gasteiger partial charge in [-0.1, -0.05) is 103 Å². The van der Waals surface area contributed by atoms with Crippen molar-refractivity contribution in [2.75, 3.05) is 42.4 Å². The average molecular weight is 600 g/mol. The summed E-state index contributed by atoms with van der Waals surface area (Å²) in [6.07, 6.45) is 20.9. The molecule has 3 rings (SSSR count). The van der Waals surface area contributed by atoms with Gasteiger partial charge in [0.2, 0.25) is 5.95 Å². The van der Waals surface area contributed by atoms with Gasteiger partial charge in [-0.05, 0) is 18.8 Å². The minimum absolute atomic E-state index is 0.0214. The number of nitrogens with one attached hydrogen (secondary N) is 2. The topological polar surface area (TPSA) is 163 Å². The van der Waals surface area contributed by atoms with Crippen LogP contribution in [-0.2, 0) is 13.6 Å². The van der Waals surface area contributed by atoms with E-state index in [0.717, 1.165) is 19.3 Å². The van der Waals surface area contributed by atoms with E-state index in [1.807, 2.05) is 4.90 Å². The van der Waals surface area contributed by atoms with E-state index in [-0.39, 0.29) is 49.2 Å². The number of nitrogens with zero attached hydrogens (tertiary/aromatic N) is 2. The summed E-state index contributed by atoms with van der Waals surface area (Å²) in [6.45, 7) is 2.75. The van der Waals surface area contributed by atoms with Crippen LogP contribution in [0.15, 0.2) is 4.79 Å². The van der Waals surface area contributed by atoms with Gasteiger partial charge in [0, 0.05) is 18.6 Å². The molecule has 1 aromatic rings. The molecule has 0 amide bonds. The number of nitrogen functional groups attached to an aromatic ring is 1. The van der Waals surface area contributed by atoms with Crippen molar-refractivity contribution in [2.45, 2.75) is 122 Å². The molecule has 4 atom stereocenters. The van der Waals surface area contributed by atoms with Gasteiger partial charge in [-0.15, -0.1) is 0 Å². The van der Waals surface area contributed by atoms with Crippen molar-refractivity contribution < 1.29 is 23.6 Å². The van der Waals surface area contributed by atoms with Gasteiger partial charge >= 0.3 is 7.82 Å². The number of anilines is 3. The van der Waals surface area contributed by atoms with Crippen LogP contribution in [0.2, 0.25) is 0 Å². The lowest BCUT2D eigenvalue weighted by Crippen LogP contribution is -2.55. The molecule has 12 heteroatoms. The van der Waals surface area contributed by atoms with Crippen LogP contribution < -0.4 is 21.5 Å². The third-order valence-corrected chi connectivity index (χ3v) is 9.56. The predicted molar refractivity (Wildman–Crippen MR) is 164 cm³/mol. The number of rotatable bonds is 23. The standard InChI is InChI=1S/C29H54N5O6P/c1-2-3-4-5-6-7-8-9-10-11-12-13-14-15-16-17-18-39-41(37,38)40-21-23-19-25(24(23)20-35)34-22-31-26-27(34)32-29(30)33-28(26)36/h23-25,31,35H,2-22H2,1H3,(H,37,38)(H3,30,32,33,36). The molecule has 1 aromatic heterocycles. The molecule has 1 saturated carbocycles. The van der Waals surface area contributed by atoms with Gasteiger partial charge in [-0.25, -0.2) is 4.57 Å². The van der Waals surface area contributed by atoms with Gasteiger partial charge in [-0.3, -0.25) is 18.8 Å². The second kappa shape index (κ2) is 18.1. The number of phosphoric ester groups is 1. The summed E-state index contributed by atoms with van der Waals surface area (Å²) in [5.74, 6) is 0.201. The minimum atomic E-state index is -4.15. The molecule has 0 bridgehead atoms. The molecule has 0 saturated heterocycles. The van der Waals surface area contributed by atoms with E-state index in [2.05, 4.69) is 22.2 Å². The lowest BCUT2D eigenvalue weighted by atomic mass is 9.69. The normalized spacial score (nSPS) is 21.3. The number of unbranched alkanes of at least 4 members (excludes halogenated alkanes) is 15. The Morgan fingerprint density at radius 3 is 2.07 bits per heavy atom. The molecule has 236 valence electrons. The highest BCUT2D eigenvalue weighted by Crippen LogP contribution is 2.48. The summed E-state index contributed by atoms with van der Waals surface area (Å²) in [7, 11) is -4.15. The van der Waals surface area contributed by atoms with Gasteiger partial charge in [0.25, 0.3) is 5.56 Å². The second-order valence-corrected chi connectivity index (χ2v) is 13.2. The predicted octanol–water partition coefficient (Wildman–Crippen LogP) is 5.93. The summed E-state index contributed by atoms with van der Waals surface area (Å²) in [5.41, 5.74) is 5.72. The number of hydrogen-bond donors (Lipinski definition) is 5. The van der Waals surface area contributed by atoms with Crippen molar-refractivity contribution in [1.29, 1.82) is 0 Å². The molecular weight excluding hydrogens is 545 g/mol. The summed E-state index contributed by atoms with van der Waals surface area (Å²) >= 11 is 0. The van der Waals surface area contributed by atoms with Crippen molar-refractivity contribution in [3.05, 3.63) is 10.4 Å². The zero-order valence-electron chi connectivity index (χ0n) is 25.0. The van der Waals surface area contributed by atoms with E-state index in [9.17, 15) is 19.4 Å². The van der Waals surface area contributed by atoms with E-state index in [0.29, 0.717) is 24.6 Å². The molecule has 4 unspecified atom stereocenters. The maximum Gasteiger partial charge on any atom is 0.472 e. The van der Waals surface area contributed by atoms with Crippen LogP contribution in [0.3, 0.4) is 0 Å². The van der Waals surface area contributed by atoms with Gasteiger partial charge in [0.15, 0.2) is 5.82 Å². The Balaban J connectivity index is 1.18. The quantitative estimate of drug-likeness (QED) is 0.0752. The Hall–Kier alpha value is -1.65. The highest BCUT2D eigenvalue weighted by Gasteiger charge is 2.47. The Bertz CT molecular complexity index is 995. The zero-order valence-corrected chi connectivity index (χ0v) is 25.9. The van der Waals surface area contributed by atoms with Crippen molar-refractivity contribution in [3.8, 4) is 0 Å². The largest absolute Gasteiger partial charge is 0.472 e. The fourth-order valence-corrected chi connectivity index (χ4v) is 6.83.